The number of benzene rings is 1. The van der Waals surface area contributed by atoms with Crippen LogP contribution in [0.15, 0.2) is 24.3 Å². The fourth-order valence-corrected chi connectivity index (χ4v) is 2.54. The highest BCUT2D eigenvalue weighted by molar-refractivity contribution is 5.96. The van der Waals surface area contributed by atoms with Crippen LogP contribution < -0.4 is 4.90 Å². The van der Waals surface area contributed by atoms with Gasteiger partial charge in [-0.25, -0.2) is 4.79 Å². The normalized spacial score (nSPS) is 15.5. The van der Waals surface area contributed by atoms with Gasteiger partial charge in [0.1, 0.15) is 5.60 Å². The number of hydrogen-bond donors (Lipinski definition) is 0. The molecule has 1 heterocycles. The third-order valence-electron chi connectivity index (χ3n) is 3.81. The Kier molecular flexibility index (Phi) is 5.29. The number of hydrogen-bond acceptors (Lipinski definition) is 4. The SMILES string of the molecule is CCC(=O)c1ccc(N2CCN(C(=O)OC(C)(C)C)CC2)cc1. The van der Waals surface area contributed by atoms with Crippen molar-refractivity contribution in [2.75, 3.05) is 31.1 Å². The molecule has 0 saturated carbocycles. The molecule has 1 aliphatic heterocycles. The van der Waals surface area contributed by atoms with Crippen LogP contribution in [0.1, 0.15) is 44.5 Å². The summed E-state index contributed by atoms with van der Waals surface area (Å²) in [6.07, 6.45) is 0.273. The van der Waals surface area contributed by atoms with Crippen molar-refractivity contribution >= 4 is 17.6 Å². The first kappa shape index (κ1) is 17.3. The minimum Gasteiger partial charge on any atom is -0.444 e. The number of rotatable bonds is 3. The third-order valence-corrected chi connectivity index (χ3v) is 3.81. The molecule has 5 heteroatoms. The summed E-state index contributed by atoms with van der Waals surface area (Å²) in [6, 6.07) is 7.71. The molecule has 0 bridgehead atoms. The summed E-state index contributed by atoms with van der Waals surface area (Å²) in [5, 5.41) is 0. The molecule has 0 unspecified atom stereocenters. The summed E-state index contributed by atoms with van der Waals surface area (Å²) >= 11 is 0. The smallest absolute Gasteiger partial charge is 0.410 e. The standard InChI is InChI=1S/C18H26N2O3/c1-5-16(21)14-6-8-15(9-7-14)19-10-12-20(13-11-19)17(22)23-18(2,3)4/h6-9H,5,10-13H2,1-4H3. The molecule has 0 radical (unpaired) electrons. The quantitative estimate of drug-likeness (QED) is 0.802. The minimum atomic E-state index is -0.462. The molecule has 1 saturated heterocycles. The van der Waals surface area contributed by atoms with Gasteiger partial charge in [-0.05, 0) is 45.0 Å². The summed E-state index contributed by atoms with van der Waals surface area (Å²) in [6.45, 7) is 10.3. The van der Waals surface area contributed by atoms with E-state index in [2.05, 4.69) is 4.90 Å². The van der Waals surface area contributed by atoms with Gasteiger partial charge in [0.25, 0.3) is 0 Å². The first-order valence-corrected chi connectivity index (χ1v) is 8.16. The van der Waals surface area contributed by atoms with Gasteiger partial charge in [-0.15, -0.1) is 0 Å². The van der Waals surface area contributed by atoms with Gasteiger partial charge in [0, 0.05) is 43.9 Å². The number of ketones is 1. The Morgan fingerprint density at radius 1 is 1.04 bits per heavy atom. The fraction of sp³-hybridized carbons (Fsp3) is 0.556. The molecule has 0 N–H and O–H groups in total. The number of amides is 1. The zero-order valence-electron chi connectivity index (χ0n) is 14.5. The minimum absolute atomic E-state index is 0.159. The van der Waals surface area contributed by atoms with E-state index >= 15 is 0 Å². The highest BCUT2D eigenvalue weighted by atomic mass is 16.6. The van der Waals surface area contributed by atoms with E-state index in [1.807, 2.05) is 52.0 Å². The first-order chi connectivity index (χ1) is 10.8. The number of carbonyl (C=O) groups is 2. The number of ether oxygens (including phenoxy) is 1. The van der Waals surface area contributed by atoms with Crippen molar-refractivity contribution in [3.05, 3.63) is 29.8 Å². The maximum Gasteiger partial charge on any atom is 0.410 e. The van der Waals surface area contributed by atoms with Crippen LogP contribution in [0.3, 0.4) is 0 Å². The van der Waals surface area contributed by atoms with Crippen molar-refractivity contribution in [3.8, 4) is 0 Å². The van der Waals surface area contributed by atoms with Crippen molar-refractivity contribution in [2.24, 2.45) is 0 Å². The molecule has 0 spiro atoms. The summed E-state index contributed by atoms with van der Waals surface area (Å²) in [5.74, 6) is 0.159. The van der Waals surface area contributed by atoms with Gasteiger partial charge in [-0.2, -0.15) is 0 Å². The Morgan fingerprint density at radius 3 is 2.09 bits per heavy atom. The molecule has 1 aromatic rings. The maximum absolute atomic E-state index is 12.1. The zero-order valence-corrected chi connectivity index (χ0v) is 14.5. The van der Waals surface area contributed by atoms with Crippen molar-refractivity contribution in [1.29, 1.82) is 0 Å². The maximum atomic E-state index is 12.1. The van der Waals surface area contributed by atoms with E-state index in [1.54, 1.807) is 4.90 Å². The largest absolute Gasteiger partial charge is 0.444 e. The molecule has 0 aromatic heterocycles. The molecule has 1 aliphatic rings. The average molecular weight is 318 g/mol. The van der Waals surface area contributed by atoms with Gasteiger partial charge in [0.05, 0.1) is 0 Å². The molecule has 1 amide bonds. The Hall–Kier alpha value is -2.04. The molecular formula is C18H26N2O3. The van der Waals surface area contributed by atoms with Crippen LogP contribution in [0.2, 0.25) is 0 Å². The van der Waals surface area contributed by atoms with E-state index in [4.69, 9.17) is 4.74 Å². The van der Waals surface area contributed by atoms with Crippen molar-refractivity contribution in [2.45, 2.75) is 39.7 Å². The number of carbonyl (C=O) groups excluding carboxylic acids is 2. The molecule has 0 aliphatic carbocycles. The van der Waals surface area contributed by atoms with Crippen molar-refractivity contribution in [1.82, 2.24) is 4.90 Å². The van der Waals surface area contributed by atoms with Gasteiger partial charge in [0.2, 0.25) is 0 Å². The highest BCUT2D eigenvalue weighted by Crippen LogP contribution is 2.19. The van der Waals surface area contributed by atoms with Gasteiger partial charge in [-0.1, -0.05) is 6.92 Å². The molecule has 1 aromatic carbocycles. The van der Waals surface area contributed by atoms with Crippen LogP contribution in [0.5, 0.6) is 0 Å². The van der Waals surface area contributed by atoms with Crippen LogP contribution in [-0.2, 0) is 4.74 Å². The van der Waals surface area contributed by atoms with Gasteiger partial charge in [-0.3, -0.25) is 4.79 Å². The van der Waals surface area contributed by atoms with Crippen LogP contribution in [0.25, 0.3) is 0 Å². The van der Waals surface area contributed by atoms with E-state index in [9.17, 15) is 9.59 Å². The number of piperazine rings is 1. The van der Waals surface area contributed by atoms with Crippen molar-refractivity contribution < 1.29 is 14.3 Å². The second-order valence-electron chi connectivity index (χ2n) is 6.78. The molecule has 126 valence electrons. The molecule has 0 atom stereocenters. The van der Waals surface area contributed by atoms with Crippen molar-refractivity contribution in [3.63, 3.8) is 0 Å². The van der Waals surface area contributed by atoms with E-state index in [0.29, 0.717) is 19.5 Å². The average Bonchev–Trinajstić information content (AvgIpc) is 2.53. The second kappa shape index (κ2) is 7.02. The lowest BCUT2D eigenvalue weighted by atomic mass is 10.1. The number of nitrogens with zero attached hydrogens (tertiary/aromatic N) is 2. The van der Waals surface area contributed by atoms with E-state index in [-0.39, 0.29) is 11.9 Å². The van der Waals surface area contributed by atoms with Crippen LogP contribution in [0.4, 0.5) is 10.5 Å². The lowest BCUT2D eigenvalue weighted by Crippen LogP contribution is -2.50. The molecular weight excluding hydrogens is 292 g/mol. The molecule has 2 rings (SSSR count). The van der Waals surface area contributed by atoms with E-state index in [1.165, 1.54) is 0 Å². The number of anilines is 1. The highest BCUT2D eigenvalue weighted by Gasteiger charge is 2.25. The first-order valence-electron chi connectivity index (χ1n) is 8.16. The monoisotopic (exact) mass is 318 g/mol. The second-order valence-corrected chi connectivity index (χ2v) is 6.78. The topological polar surface area (TPSA) is 49.9 Å². The lowest BCUT2D eigenvalue weighted by Gasteiger charge is -2.36. The van der Waals surface area contributed by atoms with Gasteiger partial charge in [0.15, 0.2) is 5.78 Å². The van der Waals surface area contributed by atoms with Crippen LogP contribution >= 0.6 is 0 Å². The summed E-state index contributed by atoms with van der Waals surface area (Å²) in [7, 11) is 0. The molecule has 23 heavy (non-hydrogen) atoms. The molecule has 5 nitrogen and oxygen atoms in total. The Balaban J connectivity index is 1.91. The predicted molar refractivity (Wildman–Crippen MR) is 91.1 cm³/mol. The Bertz CT molecular complexity index is 553. The zero-order chi connectivity index (χ0) is 17.0. The van der Waals surface area contributed by atoms with E-state index in [0.717, 1.165) is 24.3 Å². The summed E-state index contributed by atoms with van der Waals surface area (Å²) in [4.78, 5) is 27.7. The third kappa shape index (κ3) is 4.71. The lowest BCUT2D eigenvalue weighted by molar-refractivity contribution is 0.0240. The number of Topliss-reactive ketones (excluding diaryl/α,β-unsaturated/α-hetero) is 1. The molecule has 1 fully saturated rings. The van der Waals surface area contributed by atoms with Gasteiger partial charge < -0.3 is 14.5 Å². The van der Waals surface area contributed by atoms with Gasteiger partial charge >= 0.3 is 6.09 Å². The fourth-order valence-electron chi connectivity index (χ4n) is 2.54. The summed E-state index contributed by atoms with van der Waals surface area (Å²) in [5.41, 5.74) is 1.38. The predicted octanol–water partition coefficient (Wildman–Crippen LogP) is 3.34. The van der Waals surface area contributed by atoms with E-state index < -0.39 is 5.60 Å². The Labute approximate surface area is 138 Å². The van der Waals surface area contributed by atoms with Crippen LogP contribution in [-0.4, -0.2) is 48.6 Å². The Morgan fingerprint density at radius 2 is 1.61 bits per heavy atom. The summed E-state index contributed by atoms with van der Waals surface area (Å²) < 4.78 is 5.40. The van der Waals surface area contributed by atoms with Crippen LogP contribution in [0, 0.1) is 0 Å².